The summed E-state index contributed by atoms with van der Waals surface area (Å²) in [4.78, 5) is 7.22. The fourth-order valence-electron chi connectivity index (χ4n) is 1.24. The Kier molecular flexibility index (Phi) is 4.30. The van der Waals surface area contributed by atoms with Gasteiger partial charge in [-0.05, 0) is 26.2 Å². The highest BCUT2D eigenvalue weighted by Gasteiger charge is 1.89. The average Bonchev–Trinajstić information content (AvgIpc) is 2.76. The van der Waals surface area contributed by atoms with Crippen LogP contribution >= 0.6 is 0 Å². The van der Waals surface area contributed by atoms with Crippen molar-refractivity contribution in [3.05, 3.63) is 29.9 Å². The second-order valence-corrected chi connectivity index (χ2v) is 3.24. The fraction of sp³-hybridized carbons (Fsp3) is 0.545. The van der Waals surface area contributed by atoms with Gasteiger partial charge in [0.05, 0.1) is 5.69 Å². The number of aryl methyl sites for hydroxylation is 2. The SMILES string of the molecule is C1=CCCC1.CCc1nc(C)c[nH]1. The van der Waals surface area contributed by atoms with E-state index in [1.807, 2.05) is 13.1 Å². The van der Waals surface area contributed by atoms with Crippen LogP contribution in [0, 0.1) is 6.92 Å². The molecule has 0 spiro atoms. The van der Waals surface area contributed by atoms with Gasteiger partial charge in [-0.2, -0.15) is 0 Å². The lowest BCUT2D eigenvalue weighted by Crippen LogP contribution is -1.80. The number of hydrogen-bond donors (Lipinski definition) is 1. The monoisotopic (exact) mass is 178 g/mol. The fourth-order valence-corrected chi connectivity index (χ4v) is 1.24. The maximum absolute atomic E-state index is 4.17. The summed E-state index contributed by atoms with van der Waals surface area (Å²) in [7, 11) is 0. The van der Waals surface area contributed by atoms with Crippen LogP contribution in [0.5, 0.6) is 0 Å². The molecule has 0 saturated heterocycles. The van der Waals surface area contributed by atoms with E-state index in [9.17, 15) is 0 Å². The highest BCUT2D eigenvalue weighted by atomic mass is 14.9. The second kappa shape index (κ2) is 5.57. The number of imidazole rings is 1. The van der Waals surface area contributed by atoms with Gasteiger partial charge in [0.2, 0.25) is 0 Å². The molecule has 2 heteroatoms. The Bertz CT molecular complexity index is 255. The zero-order valence-corrected chi connectivity index (χ0v) is 8.51. The zero-order chi connectivity index (χ0) is 9.52. The van der Waals surface area contributed by atoms with Gasteiger partial charge in [-0.25, -0.2) is 4.98 Å². The average molecular weight is 178 g/mol. The predicted molar refractivity (Wildman–Crippen MR) is 55.7 cm³/mol. The van der Waals surface area contributed by atoms with Crippen molar-refractivity contribution in [1.82, 2.24) is 9.97 Å². The molecule has 1 N–H and O–H groups in total. The molecule has 0 unspecified atom stereocenters. The summed E-state index contributed by atoms with van der Waals surface area (Å²) >= 11 is 0. The highest BCUT2D eigenvalue weighted by Crippen LogP contribution is 2.05. The first-order valence-corrected chi connectivity index (χ1v) is 4.99. The number of nitrogens with one attached hydrogen (secondary N) is 1. The molecule has 0 atom stereocenters. The van der Waals surface area contributed by atoms with Crippen molar-refractivity contribution >= 4 is 0 Å². The minimum Gasteiger partial charge on any atom is -0.348 e. The summed E-state index contributed by atoms with van der Waals surface area (Å²) < 4.78 is 0. The normalized spacial score (nSPS) is 14.0. The van der Waals surface area contributed by atoms with Crippen molar-refractivity contribution in [3.8, 4) is 0 Å². The predicted octanol–water partition coefficient (Wildman–Crippen LogP) is 3.01. The lowest BCUT2D eigenvalue weighted by atomic mass is 10.4. The summed E-state index contributed by atoms with van der Waals surface area (Å²) in [5.74, 6) is 1.07. The molecule has 0 aliphatic heterocycles. The van der Waals surface area contributed by atoms with Crippen LogP contribution < -0.4 is 0 Å². The summed E-state index contributed by atoms with van der Waals surface area (Å²) in [5, 5.41) is 0. The Hall–Kier alpha value is -1.05. The van der Waals surface area contributed by atoms with E-state index < -0.39 is 0 Å². The van der Waals surface area contributed by atoms with E-state index in [2.05, 4.69) is 29.0 Å². The van der Waals surface area contributed by atoms with Gasteiger partial charge in [0.15, 0.2) is 0 Å². The topological polar surface area (TPSA) is 28.7 Å². The number of H-pyrrole nitrogens is 1. The van der Waals surface area contributed by atoms with Gasteiger partial charge in [-0.15, -0.1) is 0 Å². The van der Waals surface area contributed by atoms with E-state index in [0.29, 0.717) is 0 Å². The van der Waals surface area contributed by atoms with Crippen molar-refractivity contribution in [2.75, 3.05) is 0 Å². The van der Waals surface area contributed by atoms with Crippen LogP contribution in [0.4, 0.5) is 0 Å². The minimum absolute atomic E-state index is 0.994. The lowest BCUT2D eigenvalue weighted by molar-refractivity contribution is 0.929. The Balaban J connectivity index is 0.000000145. The van der Waals surface area contributed by atoms with Crippen LogP contribution in [0.15, 0.2) is 18.3 Å². The standard InChI is InChI=1S/C6H10N2.C5H8/c1-3-6-7-4-5(2)8-6;1-2-4-5-3-1/h4H,3H2,1-2H3,(H,7,8);1-2H,3-5H2. The van der Waals surface area contributed by atoms with E-state index in [1.165, 1.54) is 19.3 Å². The minimum atomic E-state index is 0.994. The smallest absolute Gasteiger partial charge is 0.106 e. The number of nitrogens with zero attached hydrogens (tertiary/aromatic N) is 1. The lowest BCUT2D eigenvalue weighted by Gasteiger charge is -1.80. The maximum Gasteiger partial charge on any atom is 0.106 e. The quantitative estimate of drug-likeness (QED) is 0.658. The Morgan fingerprint density at radius 2 is 2.08 bits per heavy atom. The molecule has 72 valence electrons. The van der Waals surface area contributed by atoms with E-state index in [1.54, 1.807) is 0 Å². The van der Waals surface area contributed by atoms with E-state index in [0.717, 1.165) is 17.9 Å². The van der Waals surface area contributed by atoms with Crippen LogP contribution in [0.25, 0.3) is 0 Å². The summed E-state index contributed by atoms with van der Waals surface area (Å²) in [6, 6.07) is 0. The Morgan fingerprint density at radius 3 is 2.31 bits per heavy atom. The zero-order valence-electron chi connectivity index (χ0n) is 8.51. The Morgan fingerprint density at radius 1 is 1.38 bits per heavy atom. The molecule has 13 heavy (non-hydrogen) atoms. The third kappa shape index (κ3) is 3.92. The summed E-state index contributed by atoms with van der Waals surface area (Å²) in [5.41, 5.74) is 1.07. The molecule has 0 fully saturated rings. The Labute approximate surface area is 80.1 Å². The van der Waals surface area contributed by atoms with Crippen LogP contribution in [0.1, 0.15) is 37.7 Å². The van der Waals surface area contributed by atoms with Crippen LogP contribution in [0.2, 0.25) is 0 Å². The molecule has 1 aromatic rings. The van der Waals surface area contributed by atoms with Gasteiger partial charge in [0, 0.05) is 12.6 Å². The van der Waals surface area contributed by atoms with Crippen molar-refractivity contribution in [2.24, 2.45) is 0 Å². The van der Waals surface area contributed by atoms with Gasteiger partial charge in [-0.3, -0.25) is 0 Å². The van der Waals surface area contributed by atoms with Crippen LogP contribution in [-0.4, -0.2) is 9.97 Å². The number of aromatic amines is 1. The van der Waals surface area contributed by atoms with Crippen LogP contribution in [0.3, 0.4) is 0 Å². The third-order valence-electron chi connectivity index (χ3n) is 2.00. The molecule has 1 aliphatic carbocycles. The van der Waals surface area contributed by atoms with Crippen molar-refractivity contribution in [1.29, 1.82) is 0 Å². The molecular formula is C11H18N2. The van der Waals surface area contributed by atoms with E-state index in [4.69, 9.17) is 0 Å². The highest BCUT2D eigenvalue weighted by molar-refractivity contribution is 4.97. The van der Waals surface area contributed by atoms with E-state index >= 15 is 0 Å². The van der Waals surface area contributed by atoms with Crippen LogP contribution in [-0.2, 0) is 6.42 Å². The molecule has 1 heterocycles. The van der Waals surface area contributed by atoms with Gasteiger partial charge < -0.3 is 4.98 Å². The largest absolute Gasteiger partial charge is 0.348 e. The number of hydrogen-bond acceptors (Lipinski definition) is 1. The van der Waals surface area contributed by atoms with Gasteiger partial charge >= 0.3 is 0 Å². The first-order chi connectivity index (χ1) is 6.33. The molecule has 0 aromatic carbocycles. The molecule has 1 aliphatic rings. The van der Waals surface area contributed by atoms with E-state index in [-0.39, 0.29) is 0 Å². The molecule has 2 nitrogen and oxygen atoms in total. The first kappa shape index (κ1) is 10.0. The molecule has 0 bridgehead atoms. The third-order valence-corrected chi connectivity index (χ3v) is 2.00. The van der Waals surface area contributed by atoms with Gasteiger partial charge in [0.1, 0.15) is 5.82 Å². The van der Waals surface area contributed by atoms with Gasteiger partial charge in [-0.1, -0.05) is 19.1 Å². The number of allylic oxidation sites excluding steroid dienone is 2. The second-order valence-electron chi connectivity index (χ2n) is 3.24. The molecule has 1 aromatic heterocycles. The van der Waals surface area contributed by atoms with Crippen molar-refractivity contribution < 1.29 is 0 Å². The molecular weight excluding hydrogens is 160 g/mol. The van der Waals surface area contributed by atoms with Crippen molar-refractivity contribution in [3.63, 3.8) is 0 Å². The van der Waals surface area contributed by atoms with Crippen molar-refractivity contribution in [2.45, 2.75) is 39.5 Å². The summed E-state index contributed by atoms with van der Waals surface area (Å²) in [6.07, 6.45) is 11.4. The number of aromatic nitrogens is 2. The molecule has 0 saturated carbocycles. The molecule has 0 amide bonds. The number of rotatable bonds is 1. The molecule has 0 radical (unpaired) electrons. The summed E-state index contributed by atoms with van der Waals surface area (Å²) in [6.45, 7) is 4.06. The molecule has 2 rings (SSSR count). The first-order valence-electron chi connectivity index (χ1n) is 4.99. The maximum atomic E-state index is 4.17. The van der Waals surface area contributed by atoms with Gasteiger partial charge in [0.25, 0.3) is 0 Å².